The number of nitrogens with zero attached hydrogens (tertiary/aromatic N) is 2. The molecule has 2 heterocycles. The van der Waals surface area contributed by atoms with E-state index >= 15 is 0 Å². The van der Waals surface area contributed by atoms with Gasteiger partial charge in [-0.1, -0.05) is 19.3 Å². The summed E-state index contributed by atoms with van der Waals surface area (Å²) in [6.07, 6.45) is 10.1. The lowest BCUT2D eigenvalue weighted by Gasteiger charge is -2.41. The second-order valence-electron chi connectivity index (χ2n) is 6.23. The Balaban J connectivity index is 1.49. The van der Waals surface area contributed by atoms with Crippen LogP contribution < -0.4 is 5.73 Å². The zero-order valence-corrected chi connectivity index (χ0v) is 11.7. The van der Waals surface area contributed by atoms with Gasteiger partial charge in [0.2, 0.25) is 0 Å². The zero-order valence-electron chi connectivity index (χ0n) is 11.7. The fourth-order valence-corrected chi connectivity index (χ4v) is 3.74. The average molecular weight is 259 g/mol. The Morgan fingerprint density at radius 3 is 2.79 bits per heavy atom. The van der Waals surface area contributed by atoms with Crippen molar-refractivity contribution in [2.45, 2.75) is 38.5 Å². The maximum absolute atomic E-state index is 5.67. The number of hydrogen-bond acceptors (Lipinski definition) is 3. The topological polar surface area (TPSA) is 42.1 Å². The molecule has 3 rings (SSSR count). The van der Waals surface area contributed by atoms with E-state index < -0.39 is 0 Å². The Morgan fingerprint density at radius 2 is 2.00 bits per heavy atom. The minimum absolute atomic E-state index is 0.756. The highest BCUT2D eigenvalue weighted by atomic mass is 15.1. The Labute approximate surface area is 116 Å². The van der Waals surface area contributed by atoms with Gasteiger partial charge in [0.15, 0.2) is 0 Å². The second kappa shape index (κ2) is 5.91. The molecule has 1 aliphatic heterocycles. The fraction of sp³-hybridized carbons (Fsp3) is 0.688. The summed E-state index contributed by atoms with van der Waals surface area (Å²) in [7, 11) is 0. The second-order valence-corrected chi connectivity index (χ2v) is 6.23. The molecule has 2 fully saturated rings. The van der Waals surface area contributed by atoms with Crippen molar-refractivity contribution in [2.24, 2.45) is 11.8 Å². The van der Waals surface area contributed by atoms with E-state index in [1.54, 1.807) is 6.20 Å². The molecule has 0 amide bonds. The third-order valence-corrected chi connectivity index (χ3v) is 4.91. The number of nitrogens with two attached hydrogens (primary N) is 1. The summed E-state index contributed by atoms with van der Waals surface area (Å²) in [6, 6.07) is 4.01. The van der Waals surface area contributed by atoms with Gasteiger partial charge in [-0.2, -0.15) is 0 Å². The number of likely N-dealkylation sites (tertiary alicyclic amines) is 1. The van der Waals surface area contributed by atoms with Crippen LogP contribution in [0.2, 0.25) is 0 Å². The van der Waals surface area contributed by atoms with Crippen molar-refractivity contribution in [1.29, 1.82) is 0 Å². The van der Waals surface area contributed by atoms with Crippen LogP contribution in [0.25, 0.3) is 0 Å². The Bertz CT molecular complexity index is 401. The molecule has 0 aromatic carbocycles. The number of fused-ring (bicyclic) bond motifs is 1. The summed E-state index contributed by atoms with van der Waals surface area (Å²) in [5.41, 5.74) is 7.59. The van der Waals surface area contributed by atoms with Crippen molar-refractivity contribution in [3.05, 3.63) is 24.0 Å². The van der Waals surface area contributed by atoms with Crippen molar-refractivity contribution in [3.63, 3.8) is 0 Å². The lowest BCUT2D eigenvalue weighted by Crippen LogP contribution is -2.42. The van der Waals surface area contributed by atoms with Crippen LogP contribution >= 0.6 is 0 Å². The molecule has 0 bridgehead atoms. The van der Waals surface area contributed by atoms with E-state index in [4.69, 9.17) is 5.73 Å². The molecule has 2 atom stereocenters. The van der Waals surface area contributed by atoms with Gasteiger partial charge in [-0.25, -0.2) is 0 Å². The quantitative estimate of drug-likeness (QED) is 0.907. The van der Waals surface area contributed by atoms with Crippen LogP contribution in [0.15, 0.2) is 18.3 Å². The van der Waals surface area contributed by atoms with Gasteiger partial charge in [-0.05, 0) is 43.4 Å². The maximum Gasteiger partial charge on any atom is 0.0501 e. The summed E-state index contributed by atoms with van der Waals surface area (Å²) in [6.45, 7) is 3.76. The van der Waals surface area contributed by atoms with Crippen molar-refractivity contribution in [3.8, 4) is 0 Å². The van der Waals surface area contributed by atoms with E-state index in [-0.39, 0.29) is 0 Å². The standard InChI is InChI=1S/C16H25N3/c17-15-5-6-16(18-11-15)8-10-19-9-7-13-3-1-2-4-14(13)12-19/h5-6,11,13-14H,1-4,7-10,12,17H2. The normalized spacial score (nSPS) is 28.0. The molecule has 3 heteroatoms. The van der Waals surface area contributed by atoms with Crippen LogP contribution in [0, 0.1) is 11.8 Å². The molecule has 1 saturated heterocycles. The van der Waals surface area contributed by atoms with Crippen molar-refractivity contribution in [1.82, 2.24) is 9.88 Å². The van der Waals surface area contributed by atoms with Crippen LogP contribution in [0.3, 0.4) is 0 Å². The molecule has 0 spiro atoms. The van der Waals surface area contributed by atoms with Gasteiger partial charge in [-0.3, -0.25) is 4.98 Å². The molecule has 0 radical (unpaired) electrons. The first-order valence-electron chi connectivity index (χ1n) is 7.74. The lowest BCUT2D eigenvalue weighted by molar-refractivity contribution is 0.0876. The number of piperidine rings is 1. The first kappa shape index (κ1) is 12.9. The summed E-state index contributed by atoms with van der Waals surface area (Å²) in [5.74, 6) is 2.00. The number of aromatic nitrogens is 1. The van der Waals surface area contributed by atoms with Gasteiger partial charge < -0.3 is 10.6 Å². The summed E-state index contributed by atoms with van der Waals surface area (Å²) in [5, 5.41) is 0. The van der Waals surface area contributed by atoms with Crippen molar-refractivity contribution < 1.29 is 0 Å². The van der Waals surface area contributed by atoms with E-state index in [1.165, 1.54) is 50.9 Å². The SMILES string of the molecule is Nc1ccc(CCN2CCC3CCCCC3C2)nc1. The number of rotatable bonds is 3. The Hall–Kier alpha value is -1.09. The van der Waals surface area contributed by atoms with Crippen LogP contribution in [0.4, 0.5) is 5.69 Å². The third-order valence-electron chi connectivity index (χ3n) is 4.91. The molecular formula is C16H25N3. The minimum Gasteiger partial charge on any atom is -0.397 e. The fourth-order valence-electron chi connectivity index (χ4n) is 3.74. The molecule has 1 aromatic rings. The van der Waals surface area contributed by atoms with E-state index in [0.717, 1.165) is 30.5 Å². The smallest absolute Gasteiger partial charge is 0.0501 e. The molecule has 104 valence electrons. The van der Waals surface area contributed by atoms with E-state index in [1.807, 2.05) is 6.07 Å². The van der Waals surface area contributed by atoms with Gasteiger partial charge in [0.05, 0.1) is 11.9 Å². The molecule has 2 unspecified atom stereocenters. The number of pyridine rings is 1. The summed E-state index contributed by atoms with van der Waals surface area (Å²) < 4.78 is 0. The molecule has 2 aliphatic rings. The molecule has 1 aliphatic carbocycles. The average Bonchev–Trinajstić information content (AvgIpc) is 2.46. The highest BCUT2D eigenvalue weighted by Crippen LogP contribution is 2.35. The zero-order chi connectivity index (χ0) is 13.1. The summed E-state index contributed by atoms with van der Waals surface area (Å²) >= 11 is 0. The predicted octanol–water partition coefficient (Wildman–Crippen LogP) is 2.72. The first-order chi connectivity index (χ1) is 9.31. The van der Waals surface area contributed by atoms with Crippen LogP contribution in [-0.2, 0) is 6.42 Å². The lowest BCUT2D eigenvalue weighted by atomic mass is 9.75. The Morgan fingerprint density at radius 1 is 1.16 bits per heavy atom. The third kappa shape index (κ3) is 3.27. The number of anilines is 1. The van der Waals surface area contributed by atoms with Gasteiger partial charge >= 0.3 is 0 Å². The molecule has 1 aromatic heterocycles. The van der Waals surface area contributed by atoms with E-state index in [2.05, 4.69) is 16.0 Å². The summed E-state index contributed by atoms with van der Waals surface area (Å²) in [4.78, 5) is 7.04. The predicted molar refractivity (Wildman–Crippen MR) is 78.9 cm³/mol. The number of nitrogen functional groups attached to an aromatic ring is 1. The van der Waals surface area contributed by atoms with Gasteiger partial charge in [0, 0.05) is 25.2 Å². The van der Waals surface area contributed by atoms with Crippen LogP contribution in [-0.4, -0.2) is 29.5 Å². The largest absolute Gasteiger partial charge is 0.397 e. The molecule has 19 heavy (non-hydrogen) atoms. The monoisotopic (exact) mass is 259 g/mol. The van der Waals surface area contributed by atoms with Gasteiger partial charge in [-0.15, -0.1) is 0 Å². The molecule has 2 N–H and O–H groups in total. The van der Waals surface area contributed by atoms with Crippen LogP contribution in [0.1, 0.15) is 37.8 Å². The molecule has 1 saturated carbocycles. The number of hydrogen-bond donors (Lipinski definition) is 1. The highest BCUT2D eigenvalue weighted by molar-refractivity contribution is 5.34. The van der Waals surface area contributed by atoms with E-state index in [0.29, 0.717) is 0 Å². The van der Waals surface area contributed by atoms with E-state index in [9.17, 15) is 0 Å². The molecular weight excluding hydrogens is 234 g/mol. The van der Waals surface area contributed by atoms with Crippen molar-refractivity contribution >= 4 is 5.69 Å². The van der Waals surface area contributed by atoms with Gasteiger partial charge in [0.25, 0.3) is 0 Å². The van der Waals surface area contributed by atoms with Crippen molar-refractivity contribution in [2.75, 3.05) is 25.4 Å². The first-order valence-corrected chi connectivity index (χ1v) is 7.74. The van der Waals surface area contributed by atoms with Crippen LogP contribution in [0.5, 0.6) is 0 Å². The highest BCUT2D eigenvalue weighted by Gasteiger charge is 2.30. The molecule has 3 nitrogen and oxygen atoms in total. The van der Waals surface area contributed by atoms with Gasteiger partial charge in [0.1, 0.15) is 0 Å². The minimum atomic E-state index is 0.756. The Kier molecular flexibility index (Phi) is 4.02. The maximum atomic E-state index is 5.67.